The second-order valence-corrected chi connectivity index (χ2v) is 4.49. The van der Waals surface area contributed by atoms with Gasteiger partial charge in [-0.15, -0.1) is 0 Å². The number of aromatic nitrogens is 1. The van der Waals surface area contributed by atoms with E-state index < -0.39 is 17.6 Å². The standard InChI is InChI=1S/C14H12F4N2/c1-20(2)13-12(14(16,17)18)7-10(8-19-13)9-3-5-11(15)6-4-9/h3-8H,1-2H3. The van der Waals surface area contributed by atoms with E-state index in [-0.39, 0.29) is 5.82 Å². The molecule has 20 heavy (non-hydrogen) atoms. The van der Waals surface area contributed by atoms with Gasteiger partial charge in [-0.2, -0.15) is 13.2 Å². The van der Waals surface area contributed by atoms with E-state index in [1.807, 2.05) is 0 Å². The monoisotopic (exact) mass is 284 g/mol. The molecule has 0 atom stereocenters. The number of rotatable bonds is 2. The molecule has 0 aliphatic carbocycles. The molecule has 0 N–H and O–H groups in total. The van der Waals surface area contributed by atoms with Gasteiger partial charge in [0.25, 0.3) is 0 Å². The van der Waals surface area contributed by atoms with Crippen molar-refractivity contribution < 1.29 is 17.6 Å². The highest BCUT2D eigenvalue weighted by Crippen LogP contribution is 2.37. The van der Waals surface area contributed by atoms with Crippen LogP contribution in [0.1, 0.15) is 5.56 Å². The Kier molecular flexibility index (Phi) is 3.65. The van der Waals surface area contributed by atoms with Crippen molar-refractivity contribution in [3.63, 3.8) is 0 Å². The lowest BCUT2D eigenvalue weighted by Crippen LogP contribution is -2.18. The van der Waals surface area contributed by atoms with E-state index in [0.717, 1.165) is 6.07 Å². The maximum atomic E-state index is 13.0. The maximum Gasteiger partial charge on any atom is 0.419 e. The van der Waals surface area contributed by atoms with Crippen LogP contribution in [0.25, 0.3) is 11.1 Å². The summed E-state index contributed by atoms with van der Waals surface area (Å²) >= 11 is 0. The molecule has 0 spiro atoms. The molecule has 1 aromatic carbocycles. The lowest BCUT2D eigenvalue weighted by molar-refractivity contribution is -0.137. The molecule has 2 rings (SSSR count). The van der Waals surface area contributed by atoms with Crippen LogP contribution in [0.2, 0.25) is 0 Å². The van der Waals surface area contributed by atoms with Gasteiger partial charge in [0, 0.05) is 25.9 Å². The molecule has 2 nitrogen and oxygen atoms in total. The molecule has 0 saturated heterocycles. The van der Waals surface area contributed by atoms with Crippen LogP contribution in [0, 0.1) is 5.82 Å². The Morgan fingerprint density at radius 1 is 1.00 bits per heavy atom. The van der Waals surface area contributed by atoms with Crippen molar-refractivity contribution in [2.45, 2.75) is 6.18 Å². The fourth-order valence-electron chi connectivity index (χ4n) is 1.82. The lowest BCUT2D eigenvalue weighted by Gasteiger charge is -2.18. The topological polar surface area (TPSA) is 16.1 Å². The molecular formula is C14H12F4N2. The molecule has 106 valence electrons. The van der Waals surface area contributed by atoms with Crippen molar-refractivity contribution >= 4 is 5.82 Å². The van der Waals surface area contributed by atoms with Crippen LogP contribution >= 0.6 is 0 Å². The molecule has 0 fully saturated rings. The van der Waals surface area contributed by atoms with Crippen LogP contribution in [0.4, 0.5) is 23.4 Å². The van der Waals surface area contributed by atoms with Gasteiger partial charge in [0.15, 0.2) is 0 Å². The van der Waals surface area contributed by atoms with Gasteiger partial charge >= 0.3 is 6.18 Å². The van der Waals surface area contributed by atoms with E-state index in [1.54, 1.807) is 0 Å². The maximum absolute atomic E-state index is 13.0. The number of benzene rings is 1. The summed E-state index contributed by atoms with van der Waals surface area (Å²) in [7, 11) is 2.99. The van der Waals surface area contributed by atoms with E-state index in [4.69, 9.17) is 0 Å². The smallest absolute Gasteiger partial charge is 0.362 e. The number of halogens is 4. The van der Waals surface area contributed by atoms with Crippen molar-refractivity contribution in [3.05, 3.63) is 47.9 Å². The van der Waals surface area contributed by atoms with Crippen molar-refractivity contribution in [3.8, 4) is 11.1 Å². The summed E-state index contributed by atoms with van der Waals surface area (Å²) in [5, 5.41) is 0. The Bertz CT molecular complexity index is 604. The minimum atomic E-state index is -4.50. The molecule has 0 amide bonds. The summed E-state index contributed by atoms with van der Waals surface area (Å²) in [6, 6.07) is 6.25. The van der Waals surface area contributed by atoms with Crippen LogP contribution < -0.4 is 4.90 Å². The molecule has 6 heteroatoms. The zero-order valence-electron chi connectivity index (χ0n) is 10.9. The third kappa shape index (κ3) is 2.89. The Labute approximate surface area is 113 Å². The van der Waals surface area contributed by atoms with E-state index in [2.05, 4.69) is 4.98 Å². The van der Waals surface area contributed by atoms with Crippen LogP contribution in [0.3, 0.4) is 0 Å². The van der Waals surface area contributed by atoms with E-state index >= 15 is 0 Å². The summed E-state index contributed by atoms with van der Waals surface area (Å²) in [4.78, 5) is 5.16. The van der Waals surface area contributed by atoms with Gasteiger partial charge in [0.05, 0.1) is 5.56 Å². The molecule has 0 aliphatic heterocycles. The highest BCUT2D eigenvalue weighted by atomic mass is 19.4. The third-order valence-electron chi connectivity index (χ3n) is 2.77. The van der Waals surface area contributed by atoms with Gasteiger partial charge in [-0.1, -0.05) is 12.1 Å². The van der Waals surface area contributed by atoms with E-state index in [0.29, 0.717) is 11.1 Å². The van der Waals surface area contributed by atoms with Gasteiger partial charge < -0.3 is 4.90 Å². The molecule has 1 aromatic heterocycles. The second-order valence-electron chi connectivity index (χ2n) is 4.49. The molecular weight excluding hydrogens is 272 g/mol. The van der Waals surface area contributed by atoms with E-state index in [1.165, 1.54) is 49.5 Å². The Hall–Kier alpha value is -2.11. The molecule has 2 aromatic rings. The predicted octanol–water partition coefficient (Wildman–Crippen LogP) is 3.97. The lowest BCUT2D eigenvalue weighted by atomic mass is 10.1. The van der Waals surface area contributed by atoms with Gasteiger partial charge in [-0.05, 0) is 23.8 Å². The summed E-state index contributed by atoms with van der Waals surface area (Å²) in [5.41, 5.74) is -0.0399. The molecule has 0 saturated carbocycles. The van der Waals surface area contributed by atoms with Gasteiger partial charge in [0.1, 0.15) is 11.6 Å². The van der Waals surface area contributed by atoms with E-state index in [9.17, 15) is 17.6 Å². The normalized spacial score (nSPS) is 11.5. The zero-order chi connectivity index (χ0) is 14.9. The molecule has 0 unspecified atom stereocenters. The summed E-state index contributed by atoms with van der Waals surface area (Å²) < 4.78 is 52.0. The minimum Gasteiger partial charge on any atom is -0.362 e. The highest BCUT2D eigenvalue weighted by Gasteiger charge is 2.35. The minimum absolute atomic E-state index is 0.150. The number of nitrogens with zero attached hydrogens (tertiary/aromatic N) is 2. The summed E-state index contributed by atoms with van der Waals surface area (Å²) in [6.45, 7) is 0. The summed E-state index contributed by atoms with van der Waals surface area (Å²) in [6.07, 6.45) is -3.15. The first-order valence-corrected chi connectivity index (χ1v) is 5.79. The first-order chi connectivity index (χ1) is 9.29. The zero-order valence-corrected chi connectivity index (χ0v) is 10.9. The second kappa shape index (κ2) is 5.11. The van der Waals surface area contributed by atoms with Crippen molar-refractivity contribution in [2.75, 3.05) is 19.0 Å². The fraction of sp³-hybridized carbons (Fsp3) is 0.214. The third-order valence-corrected chi connectivity index (χ3v) is 2.77. The number of anilines is 1. The van der Waals surface area contributed by atoms with Crippen molar-refractivity contribution in [1.82, 2.24) is 4.98 Å². The first-order valence-electron chi connectivity index (χ1n) is 5.79. The molecule has 1 heterocycles. The largest absolute Gasteiger partial charge is 0.419 e. The number of hydrogen-bond donors (Lipinski definition) is 0. The number of hydrogen-bond acceptors (Lipinski definition) is 2. The van der Waals surface area contributed by atoms with Crippen LogP contribution in [0.5, 0.6) is 0 Å². The van der Waals surface area contributed by atoms with Crippen molar-refractivity contribution in [1.29, 1.82) is 0 Å². The van der Waals surface area contributed by atoms with Crippen LogP contribution in [0.15, 0.2) is 36.5 Å². The van der Waals surface area contributed by atoms with Crippen molar-refractivity contribution in [2.24, 2.45) is 0 Å². The Balaban J connectivity index is 2.55. The SMILES string of the molecule is CN(C)c1ncc(-c2ccc(F)cc2)cc1C(F)(F)F. The van der Waals surface area contributed by atoms with Gasteiger partial charge in [0.2, 0.25) is 0 Å². The highest BCUT2D eigenvalue weighted by molar-refractivity contribution is 5.66. The number of alkyl halides is 3. The average molecular weight is 284 g/mol. The first kappa shape index (κ1) is 14.3. The quantitative estimate of drug-likeness (QED) is 0.776. The Morgan fingerprint density at radius 2 is 1.60 bits per heavy atom. The molecule has 0 radical (unpaired) electrons. The Morgan fingerprint density at radius 3 is 2.10 bits per heavy atom. The van der Waals surface area contributed by atoms with Crippen LogP contribution in [-0.4, -0.2) is 19.1 Å². The van der Waals surface area contributed by atoms with Gasteiger partial charge in [-0.25, -0.2) is 9.37 Å². The summed E-state index contributed by atoms with van der Waals surface area (Å²) in [5.74, 6) is -0.592. The molecule has 0 aliphatic rings. The fourth-order valence-corrected chi connectivity index (χ4v) is 1.82. The average Bonchev–Trinajstić information content (AvgIpc) is 2.38. The molecule has 0 bridgehead atoms. The van der Waals surface area contributed by atoms with Gasteiger partial charge in [-0.3, -0.25) is 0 Å². The number of pyridine rings is 1. The predicted molar refractivity (Wildman–Crippen MR) is 69.0 cm³/mol. The van der Waals surface area contributed by atoms with Crippen LogP contribution in [-0.2, 0) is 6.18 Å².